The Morgan fingerprint density at radius 3 is 2.88 bits per heavy atom. The molecule has 1 amide bonds. The molecule has 0 aromatic carbocycles. The Labute approximate surface area is 104 Å². The second-order valence-electron chi connectivity index (χ2n) is 4.06. The predicted molar refractivity (Wildman–Crippen MR) is 69.9 cm³/mol. The molecule has 0 aliphatic heterocycles. The number of aryl methyl sites for hydroxylation is 1. The lowest BCUT2D eigenvalue weighted by atomic mass is 10.3. The lowest BCUT2D eigenvalue weighted by Crippen LogP contribution is -2.27. The minimum atomic E-state index is -0.0181. The highest BCUT2D eigenvalue weighted by Gasteiger charge is 2.15. The van der Waals surface area contributed by atoms with Crippen molar-refractivity contribution in [1.82, 2.24) is 9.47 Å². The number of carbonyl (C=O) groups excluding carboxylic acids is 1. The van der Waals surface area contributed by atoms with E-state index in [0.717, 1.165) is 5.56 Å². The molecule has 0 fully saturated rings. The van der Waals surface area contributed by atoms with E-state index >= 15 is 0 Å². The van der Waals surface area contributed by atoms with Gasteiger partial charge in [-0.05, 0) is 28.5 Å². The van der Waals surface area contributed by atoms with Gasteiger partial charge in [0.25, 0.3) is 5.91 Å². The van der Waals surface area contributed by atoms with Gasteiger partial charge in [0.2, 0.25) is 0 Å². The highest BCUT2D eigenvalue weighted by molar-refractivity contribution is 7.07. The van der Waals surface area contributed by atoms with Gasteiger partial charge in [0.15, 0.2) is 0 Å². The summed E-state index contributed by atoms with van der Waals surface area (Å²) < 4.78 is 1.75. The molecule has 2 aromatic heterocycles. The number of rotatable bonds is 3. The molecule has 0 atom stereocenters. The lowest BCUT2D eigenvalue weighted by Gasteiger charge is -2.16. The lowest BCUT2D eigenvalue weighted by molar-refractivity contribution is 0.0776. The summed E-state index contributed by atoms with van der Waals surface area (Å²) in [6.45, 7) is 0.618. The van der Waals surface area contributed by atoms with Gasteiger partial charge in [-0.15, -0.1) is 0 Å². The molecule has 4 nitrogen and oxygen atoms in total. The van der Waals surface area contributed by atoms with Crippen LogP contribution >= 0.6 is 11.3 Å². The Bertz CT molecular complexity index is 516. The third kappa shape index (κ3) is 2.50. The van der Waals surface area contributed by atoms with Crippen LogP contribution in [0.3, 0.4) is 0 Å². The van der Waals surface area contributed by atoms with Crippen molar-refractivity contribution in [1.29, 1.82) is 0 Å². The van der Waals surface area contributed by atoms with Gasteiger partial charge in [-0.3, -0.25) is 4.79 Å². The average molecular weight is 249 g/mol. The molecule has 0 aliphatic carbocycles. The fraction of sp³-hybridized carbons (Fsp3) is 0.250. The second-order valence-corrected chi connectivity index (χ2v) is 4.84. The number of amides is 1. The number of anilines is 1. The first-order valence-corrected chi connectivity index (χ1v) is 6.20. The molecule has 0 spiro atoms. The van der Waals surface area contributed by atoms with Crippen molar-refractivity contribution < 1.29 is 4.79 Å². The van der Waals surface area contributed by atoms with E-state index in [4.69, 9.17) is 5.73 Å². The standard InChI is InChI=1S/C12H15N3OS/c1-14-7-10(13)5-11(14)12(16)15(2)6-9-3-4-17-8-9/h3-5,7-8H,6,13H2,1-2H3. The second kappa shape index (κ2) is 4.63. The molecule has 0 bridgehead atoms. The minimum absolute atomic E-state index is 0.0181. The highest BCUT2D eigenvalue weighted by Crippen LogP contribution is 2.14. The summed E-state index contributed by atoms with van der Waals surface area (Å²) in [5.74, 6) is -0.0181. The van der Waals surface area contributed by atoms with Crippen LogP contribution in [0.5, 0.6) is 0 Å². The summed E-state index contributed by atoms with van der Waals surface area (Å²) in [6, 6.07) is 3.72. The topological polar surface area (TPSA) is 51.3 Å². The molecule has 0 radical (unpaired) electrons. The number of hydrogen-bond donors (Lipinski definition) is 1. The molecule has 2 heterocycles. The fourth-order valence-electron chi connectivity index (χ4n) is 1.73. The van der Waals surface area contributed by atoms with Gasteiger partial charge in [-0.1, -0.05) is 0 Å². The van der Waals surface area contributed by atoms with Crippen LogP contribution in [-0.2, 0) is 13.6 Å². The SMILES string of the molecule is CN(Cc1ccsc1)C(=O)c1cc(N)cn1C. The molecule has 0 saturated carbocycles. The van der Waals surface area contributed by atoms with Gasteiger partial charge in [0, 0.05) is 26.8 Å². The van der Waals surface area contributed by atoms with Crippen molar-refractivity contribution in [3.05, 3.63) is 40.3 Å². The normalized spacial score (nSPS) is 10.5. The average Bonchev–Trinajstić information content (AvgIpc) is 2.87. The summed E-state index contributed by atoms with van der Waals surface area (Å²) in [6.07, 6.45) is 1.74. The maximum absolute atomic E-state index is 12.2. The number of thiophene rings is 1. The largest absolute Gasteiger partial charge is 0.397 e. The third-order valence-corrected chi connectivity index (χ3v) is 3.32. The number of nitrogens with two attached hydrogens (primary N) is 1. The van der Waals surface area contributed by atoms with Crippen molar-refractivity contribution in [3.8, 4) is 0 Å². The summed E-state index contributed by atoms with van der Waals surface area (Å²) >= 11 is 1.63. The zero-order valence-corrected chi connectivity index (χ0v) is 10.7. The zero-order chi connectivity index (χ0) is 12.4. The monoisotopic (exact) mass is 249 g/mol. The first-order chi connectivity index (χ1) is 8.08. The van der Waals surface area contributed by atoms with E-state index in [1.807, 2.05) is 23.9 Å². The van der Waals surface area contributed by atoms with E-state index in [-0.39, 0.29) is 5.91 Å². The van der Waals surface area contributed by atoms with E-state index in [1.54, 1.807) is 40.1 Å². The van der Waals surface area contributed by atoms with E-state index in [2.05, 4.69) is 0 Å². The number of carbonyl (C=O) groups is 1. The van der Waals surface area contributed by atoms with Crippen LogP contribution in [0.4, 0.5) is 5.69 Å². The number of nitrogen functional groups attached to an aromatic ring is 1. The third-order valence-electron chi connectivity index (χ3n) is 2.59. The molecule has 0 aliphatic rings. The molecule has 2 aromatic rings. The first-order valence-electron chi connectivity index (χ1n) is 5.26. The van der Waals surface area contributed by atoms with Crippen LogP contribution in [0.1, 0.15) is 16.1 Å². The van der Waals surface area contributed by atoms with Crippen LogP contribution in [0, 0.1) is 0 Å². The summed E-state index contributed by atoms with van der Waals surface area (Å²) in [5, 5.41) is 4.05. The van der Waals surface area contributed by atoms with Crippen LogP contribution < -0.4 is 5.73 Å². The summed E-state index contributed by atoms with van der Waals surface area (Å²) in [5.41, 5.74) is 8.03. The molecule has 2 rings (SSSR count). The van der Waals surface area contributed by atoms with Crippen LogP contribution in [0.25, 0.3) is 0 Å². The van der Waals surface area contributed by atoms with Crippen molar-refractivity contribution in [2.24, 2.45) is 7.05 Å². The van der Waals surface area contributed by atoms with E-state index < -0.39 is 0 Å². The van der Waals surface area contributed by atoms with Gasteiger partial charge >= 0.3 is 0 Å². The van der Waals surface area contributed by atoms with Crippen LogP contribution in [-0.4, -0.2) is 22.4 Å². The van der Waals surface area contributed by atoms with Gasteiger partial charge in [-0.2, -0.15) is 11.3 Å². The molecule has 0 saturated heterocycles. The maximum atomic E-state index is 12.2. The Morgan fingerprint density at radius 2 is 2.35 bits per heavy atom. The molecular formula is C12H15N3OS. The molecule has 2 N–H and O–H groups in total. The number of nitrogens with zero attached hydrogens (tertiary/aromatic N) is 2. The highest BCUT2D eigenvalue weighted by atomic mass is 32.1. The van der Waals surface area contributed by atoms with Gasteiger partial charge < -0.3 is 15.2 Å². The Morgan fingerprint density at radius 1 is 1.59 bits per heavy atom. The quantitative estimate of drug-likeness (QED) is 0.903. The smallest absolute Gasteiger partial charge is 0.270 e. The number of aromatic nitrogens is 1. The Balaban J connectivity index is 2.12. The van der Waals surface area contributed by atoms with Crippen LogP contribution in [0.2, 0.25) is 0 Å². The summed E-state index contributed by atoms with van der Waals surface area (Å²) in [7, 11) is 3.62. The van der Waals surface area contributed by atoms with E-state index in [0.29, 0.717) is 17.9 Å². The van der Waals surface area contributed by atoms with Gasteiger partial charge in [-0.25, -0.2) is 0 Å². The maximum Gasteiger partial charge on any atom is 0.270 e. The van der Waals surface area contributed by atoms with Crippen LogP contribution in [0.15, 0.2) is 29.1 Å². The van der Waals surface area contributed by atoms with Crippen molar-refractivity contribution >= 4 is 22.9 Å². The molecular weight excluding hydrogens is 234 g/mol. The zero-order valence-electron chi connectivity index (χ0n) is 9.88. The van der Waals surface area contributed by atoms with Gasteiger partial charge in [0.1, 0.15) is 5.69 Å². The molecule has 0 unspecified atom stereocenters. The predicted octanol–water partition coefficient (Wildman–Crippen LogP) is 1.94. The molecule has 17 heavy (non-hydrogen) atoms. The molecule has 5 heteroatoms. The Kier molecular flexibility index (Phi) is 3.19. The number of hydrogen-bond acceptors (Lipinski definition) is 3. The van der Waals surface area contributed by atoms with E-state index in [9.17, 15) is 4.79 Å². The van der Waals surface area contributed by atoms with Crippen molar-refractivity contribution in [2.75, 3.05) is 12.8 Å². The molecule has 90 valence electrons. The fourth-order valence-corrected chi connectivity index (χ4v) is 2.39. The summed E-state index contributed by atoms with van der Waals surface area (Å²) in [4.78, 5) is 13.8. The Hall–Kier alpha value is -1.75. The van der Waals surface area contributed by atoms with Crippen molar-refractivity contribution in [3.63, 3.8) is 0 Å². The van der Waals surface area contributed by atoms with E-state index in [1.165, 1.54) is 0 Å². The first kappa shape index (κ1) is 11.7. The van der Waals surface area contributed by atoms with Gasteiger partial charge in [0.05, 0.1) is 5.69 Å². The minimum Gasteiger partial charge on any atom is -0.397 e. The van der Waals surface area contributed by atoms with Crippen molar-refractivity contribution in [2.45, 2.75) is 6.54 Å².